The molecule has 0 aliphatic carbocycles. The summed E-state index contributed by atoms with van der Waals surface area (Å²) in [7, 11) is 49.1. The van der Waals surface area contributed by atoms with Crippen molar-refractivity contribution in [2.75, 3.05) is 5.32 Å². The average molecular weight is 431 g/mol. The van der Waals surface area contributed by atoms with Crippen LogP contribution in [0.15, 0.2) is 30.5 Å². The highest BCUT2D eigenvalue weighted by Crippen LogP contribution is 2.40. The lowest BCUT2D eigenvalue weighted by atomic mass is 9.30. The SMILES string of the molecule is [B]C1([B])OC([B])([B])C([B])([B])N(C(=O)Nc2cc3cc(-c4cnc(C)n4C)ccc3nn2)C1([B])[B]. The molecule has 1 fully saturated rings. The van der Waals surface area contributed by atoms with Gasteiger partial charge in [-0.25, -0.2) is 9.78 Å². The highest BCUT2D eigenvalue weighted by atomic mass is 16.5. The predicted molar refractivity (Wildman–Crippen MR) is 135 cm³/mol. The number of nitrogens with one attached hydrogen (secondary N) is 1. The number of benzene rings is 1. The molecule has 1 aliphatic rings. The van der Waals surface area contributed by atoms with Crippen molar-refractivity contribution in [3.05, 3.63) is 36.3 Å². The van der Waals surface area contributed by atoms with E-state index in [1.54, 1.807) is 18.3 Å². The van der Waals surface area contributed by atoms with Gasteiger partial charge in [-0.15, -0.1) is 10.2 Å². The number of ether oxygens (including phenoxy) is 1. The number of carbonyl (C=O) groups is 1. The zero-order valence-electron chi connectivity index (χ0n) is 18.6. The minimum Gasteiger partial charge on any atom is -0.405 e. The van der Waals surface area contributed by atoms with Gasteiger partial charge in [0.1, 0.15) is 37.2 Å². The maximum absolute atomic E-state index is 13.2. The summed E-state index contributed by atoms with van der Waals surface area (Å²) in [6.45, 7) is 1.90. The number of hydrogen-bond acceptors (Lipinski definition) is 5. The lowest BCUT2D eigenvalue weighted by Gasteiger charge is -2.69. The van der Waals surface area contributed by atoms with Crippen molar-refractivity contribution in [1.82, 2.24) is 24.6 Å². The van der Waals surface area contributed by atoms with E-state index < -0.39 is 27.5 Å². The maximum atomic E-state index is 13.2. The number of carbonyl (C=O) groups excluding carboxylic acids is 1. The van der Waals surface area contributed by atoms with Crippen LogP contribution in [0.25, 0.3) is 22.2 Å². The third kappa shape index (κ3) is 3.70. The van der Waals surface area contributed by atoms with Gasteiger partial charge in [-0.1, -0.05) is 6.07 Å². The smallest absolute Gasteiger partial charge is 0.321 e. The van der Waals surface area contributed by atoms with Crippen LogP contribution in [0.3, 0.4) is 0 Å². The first-order valence-electron chi connectivity index (χ1n) is 9.97. The molecule has 0 atom stereocenters. The van der Waals surface area contributed by atoms with Crippen LogP contribution in [-0.2, 0) is 11.8 Å². The summed E-state index contributed by atoms with van der Waals surface area (Å²) >= 11 is 0. The van der Waals surface area contributed by atoms with E-state index in [0.717, 1.165) is 17.1 Å². The Morgan fingerprint density at radius 2 is 1.59 bits per heavy atom. The molecule has 3 heterocycles. The average Bonchev–Trinajstić information content (AvgIpc) is 3.03. The number of aryl methyl sites for hydroxylation is 1. The fourth-order valence-electron chi connectivity index (χ4n) is 3.64. The van der Waals surface area contributed by atoms with Crippen molar-refractivity contribution in [2.45, 2.75) is 28.4 Å². The third-order valence-corrected chi connectivity index (χ3v) is 5.87. The number of nitrogens with zero attached hydrogens (tertiary/aromatic N) is 5. The fraction of sp³-hybridized carbons (Fsp3) is 0.333. The Hall–Kier alpha value is -2.48. The fourth-order valence-corrected chi connectivity index (χ4v) is 3.64. The Morgan fingerprint density at radius 1 is 0.971 bits per heavy atom. The molecule has 0 bridgehead atoms. The van der Waals surface area contributed by atoms with E-state index in [4.69, 9.17) is 67.5 Å². The number of anilines is 1. The van der Waals surface area contributed by atoms with Crippen molar-refractivity contribution in [2.24, 2.45) is 7.05 Å². The van der Waals surface area contributed by atoms with Crippen molar-refractivity contribution in [1.29, 1.82) is 0 Å². The maximum Gasteiger partial charge on any atom is 0.321 e. The molecule has 0 saturated carbocycles. The minimum atomic E-state index is -2.43. The van der Waals surface area contributed by atoms with Gasteiger partial charge >= 0.3 is 6.03 Å². The van der Waals surface area contributed by atoms with E-state index in [2.05, 4.69) is 20.5 Å². The molecule has 3 aromatic rings. The summed E-state index contributed by atoms with van der Waals surface area (Å²) in [5, 5.41) is 1.54. The summed E-state index contributed by atoms with van der Waals surface area (Å²) in [5.41, 5.74) is 2.36. The van der Waals surface area contributed by atoms with Gasteiger partial charge < -0.3 is 14.2 Å². The van der Waals surface area contributed by atoms with Crippen molar-refractivity contribution in [3.8, 4) is 11.3 Å². The summed E-state index contributed by atoms with van der Waals surface area (Å²) in [6.07, 6.45) is 1.76. The van der Waals surface area contributed by atoms with E-state index in [1.807, 2.05) is 30.7 Å². The summed E-state index contributed by atoms with van der Waals surface area (Å²) in [5.74, 6) is 0.875. The van der Waals surface area contributed by atoms with Gasteiger partial charge in [-0.3, -0.25) is 5.32 Å². The molecule has 0 unspecified atom stereocenters. The van der Waals surface area contributed by atoms with Crippen LogP contribution in [0.4, 0.5) is 10.6 Å². The van der Waals surface area contributed by atoms with E-state index in [-0.39, 0.29) is 5.82 Å². The van der Waals surface area contributed by atoms with Crippen LogP contribution in [0.1, 0.15) is 5.82 Å². The zero-order valence-corrected chi connectivity index (χ0v) is 18.6. The Balaban J connectivity index is 1.70. The molecule has 2 amide bonds. The molecule has 0 spiro atoms. The van der Waals surface area contributed by atoms with Crippen molar-refractivity contribution < 1.29 is 9.53 Å². The van der Waals surface area contributed by atoms with Gasteiger partial charge in [0.2, 0.25) is 0 Å². The highest BCUT2D eigenvalue weighted by molar-refractivity contribution is 6.60. The Morgan fingerprint density at radius 3 is 2.15 bits per heavy atom. The third-order valence-electron chi connectivity index (χ3n) is 5.87. The number of hydrogen-bond donors (Lipinski definition) is 1. The van der Waals surface area contributed by atoms with Gasteiger partial charge in [0, 0.05) is 18.0 Å². The van der Waals surface area contributed by atoms with Gasteiger partial charge in [-0.05, 0) is 46.6 Å². The first-order chi connectivity index (χ1) is 15.6. The first-order valence-corrected chi connectivity index (χ1v) is 9.97. The molecule has 1 saturated heterocycles. The second-order valence-electron chi connectivity index (χ2n) is 8.36. The summed E-state index contributed by atoms with van der Waals surface area (Å²) in [6, 6.07) is 6.07. The number of fused-ring (bicyclic) bond motifs is 1. The Kier molecular flexibility index (Phi) is 5.63. The topological polar surface area (TPSA) is 85.2 Å². The first kappa shape index (κ1) is 24.6. The molecule has 1 aromatic carbocycles. The monoisotopic (exact) mass is 432 g/mol. The number of urea groups is 1. The zero-order chi connectivity index (χ0) is 25.3. The molecule has 8 nitrogen and oxygen atoms in total. The normalized spacial score (nSPS) is 20.1. The molecular weight excluding hydrogens is 419 g/mol. The van der Waals surface area contributed by atoms with Crippen LogP contribution < -0.4 is 5.32 Å². The predicted octanol–water partition coefficient (Wildman–Crippen LogP) is -1.83. The minimum absolute atomic E-state index is 0.0215. The lowest BCUT2D eigenvalue weighted by molar-refractivity contribution is -0.0913. The second kappa shape index (κ2) is 7.77. The molecule has 1 aliphatic heterocycles. The van der Waals surface area contributed by atoms with E-state index in [1.165, 1.54) is 0 Å². The molecular formula is C18H12B8N6O2. The molecule has 150 valence electrons. The standard InChI is InChI=1S/C18H12B8N6O2/c1-8-27-7-12(31(8)2)9-3-4-11-10(5-9)6-13(30-29-11)28-14(33)32-15(19,20)17(23,24)34-18(25,26)16(32,21)22/h3-7H,1-2H3,(H,28,30,33). The molecule has 16 radical (unpaired) electrons. The largest absolute Gasteiger partial charge is 0.405 e. The van der Waals surface area contributed by atoms with Crippen LogP contribution in [0.2, 0.25) is 0 Å². The summed E-state index contributed by atoms with van der Waals surface area (Å²) in [4.78, 5) is 18.0. The van der Waals surface area contributed by atoms with Gasteiger partial charge in [0.05, 0.1) is 48.8 Å². The molecule has 2 aromatic heterocycles. The van der Waals surface area contributed by atoms with E-state index in [0.29, 0.717) is 15.8 Å². The van der Waals surface area contributed by atoms with Gasteiger partial charge in [-0.2, -0.15) is 0 Å². The lowest BCUT2D eigenvalue weighted by Crippen LogP contribution is -2.87. The van der Waals surface area contributed by atoms with E-state index >= 15 is 0 Å². The molecule has 4 rings (SSSR count). The number of amides is 2. The Labute approximate surface area is 208 Å². The van der Waals surface area contributed by atoms with Crippen LogP contribution >= 0.6 is 0 Å². The van der Waals surface area contributed by atoms with E-state index in [9.17, 15) is 4.79 Å². The van der Waals surface area contributed by atoms with Gasteiger partial charge in [0.25, 0.3) is 0 Å². The molecule has 34 heavy (non-hydrogen) atoms. The number of imidazole rings is 1. The second-order valence-corrected chi connectivity index (χ2v) is 8.36. The van der Waals surface area contributed by atoms with Crippen LogP contribution in [0.5, 0.6) is 0 Å². The van der Waals surface area contributed by atoms with Gasteiger partial charge in [0.15, 0.2) is 5.82 Å². The quantitative estimate of drug-likeness (QED) is 0.483. The Bertz CT molecular complexity index is 1270. The van der Waals surface area contributed by atoms with Crippen LogP contribution in [0, 0.1) is 6.92 Å². The molecule has 16 heteroatoms. The number of rotatable bonds is 2. The van der Waals surface area contributed by atoms with Crippen molar-refractivity contribution in [3.63, 3.8) is 0 Å². The molecule has 1 N–H and O–H groups in total. The number of morpholine rings is 1. The summed E-state index contributed by atoms with van der Waals surface area (Å²) < 4.78 is 7.04. The van der Waals surface area contributed by atoms with Crippen molar-refractivity contribution >= 4 is 85.5 Å². The van der Waals surface area contributed by atoms with Crippen LogP contribution in [-0.4, -0.2) is 115 Å². The highest BCUT2D eigenvalue weighted by Gasteiger charge is 2.58. The number of aromatic nitrogens is 4.